The highest BCUT2D eigenvalue weighted by atomic mass is 32.1. The van der Waals surface area contributed by atoms with Gasteiger partial charge in [0, 0.05) is 34.9 Å². The summed E-state index contributed by atoms with van der Waals surface area (Å²) in [5, 5.41) is 12.3. The molecule has 29 heavy (non-hydrogen) atoms. The molecule has 4 rings (SSSR count). The third kappa shape index (κ3) is 4.55. The van der Waals surface area contributed by atoms with Crippen LogP contribution in [0.5, 0.6) is 0 Å². The minimum Gasteiger partial charge on any atom is -0.305 e. The van der Waals surface area contributed by atoms with Crippen LogP contribution in [0.15, 0.2) is 54.7 Å². The summed E-state index contributed by atoms with van der Waals surface area (Å²) in [4.78, 5) is 19.3. The fourth-order valence-electron chi connectivity index (χ4n) is 3.26. The van der Waals surface area contributed by atoms with Gasteiger partial charge in [-0.15, -0.1) is 10.2 Å². The van der Waals surface area contributed by atoms with Gasteiger partial charge in [-0.2, -0.15) is 0 Å². The van der Waals surface area contributed by atoms with Crippen molar-refractivity contribution in [2.24, 2.45) is 0 Å². The molecule has 0 aliphatic rings. The number of hydrogen-bond donors (Lipinski definition) is 0. The fraction of sp³-hybridized carbons (Fsp3) is 0.217. The van der Waals surface area contributed by atoms with Gasteiger partial charge in [-0.1, -0.05) is 47.7 Å². The number of rotatable bonds is 6. The molecular formula is C23H22N4OS. The smallest absolute Gasteiger partial charge is 0.168 e. The van der Waals surface area contributed by atoms with Crippen LogP contribution in [0.25, 0.3) is 21.3 Å². The van der Waals surface area contributed by atoms with Crippen molar-refractivity contribution in [2.75, 3.05) is 14.1 Å². The Balaban J connectivity index is 1.55. The molecule has 4 aromatic rings. The zero-order valence-electron chi connectivity index (χ0n) is 16.7. The van der Waals surface area contributed by atoms with Gasteiger partial charge in [0.25, 0.3) is 0 Å². The van der Waals surface area contributed by atoms with E-state index in [9.17, 15) is 4.79 Å². The van der Waals surface area contributed by atoms with Crippen molar-refractivity contribution in [3.8, 4) is 10.6 Å². The van der Waals surface area contributed by atoms with Gasteiger partial charge in [0.15, 0.2) is 5.78 Å². The number of carbonyl (C=O) groups is 1. The van der Waals surface area contributed by atoms with Gasteiger partial charge in [0.05, 0.1) is 6.42 Å². The average molecular weight is 403 g/mol. The van der Waals surface area contributed by atoms with Crippen LogP contribution >= 0.6 is 11.3 Å². The number of Topliss-reactive ketones (excluding diaryl/α,β-unsaturated/α-hetero) is 1. The van der Waals surface area contributed by atoms with Gasteiger partial charge in [-0.3, -0.25) is 9.78 Å². The van der Waals surface area contributed by atoms with Crippen LogP contribution in [-0.4, -0.2) is 40.0 Å². The van der Waals surface area contributed by atoms with Crippen LogP contribution in [-0.2, 0) is 13.0 Å². The van der Waals surface area contributed by atoms with Gasteiger partial charge in [0.1, 0.15) is 10.0 Å². The van der Waals surface area contributed by atoms with Crippen molar-refractivity contribution in [1.82, 2.24) is 20.1 Å². The molecule has 2 heterocycles. The van der Waals surface area contributed by atoms with Gasteiger partial charge in [0.2, 0.25) is 0 Å². The predicted molar refractivity (Wildman–Crippen MR) is 117 cm³/mol. The molecule has 5 nitrogen and oxygen atoms in total. The van der Waals surface area contributed by atoms with Crippen LogP contribution in [0.2, 0.25) is 0 Å². The maximum atomic E-state index is 12.7. The van der Waals surface area contributed by atoms with Crippen molar-refractivity contribution in [3.63, 3.8) is 0 Å². The summed E-state index contributed by atoms with van der Waals surface area (Å²) in [6.45, 7) is 2.81. The Bertz CT molecular complexity index is 1170. The zero-order valence-corrected chi connectivity index (χ0v) is 17.5. The van der Waals surface area contributed by atoms with Crippen LogP contribution in [0.1, 0.15) is 26.6 Å². The first-order chi connectivity index (χ1) is 14.0. The summed E-state index contributed by atoms with van der Waals surface area (Å²) >= 11 is 1.57. The minimum absolute atomic E-state index is 0.0733. The summed E-state index contributed by atoms with van der Waals surface area (Å²) in [6, 6.07) is 16.0. The number of aryl methyl sites for hydroxylation is 1. The molecule has 0 bridgehead atoms. The lowest BCUT2D eigenvalue weighted by Gasteiger charge is -2.10. The maximum Gasteiger partial charge on any atom is 0.168 e. The largest absolute Gasteiger partial charge is 0.305 e. The third-order valence-corrected chi connectivity index (χ3v) is 5.56. The van der Waals surface area contributed by atoms with Crippen molar-refractivity contribution in [3.05, 3.63) is 76.6 Å². The molecule has 0 fully saturated rings. The number of fused-ring (bicyclic) bond motifs is 1. The van der Waals surface area contributed by atoms with Crippen LogP contribution in [0.4, 0.5) is 0 Å². The zero-order chi connectivity index (χ0) is 20.4. The lowest BCUT2D eigenvalue weighted by Crippen LogP contribution is -2.11. The lowest BCUT2D eigenvalue weighted by molar-refractivity contribution is 0.0992. The average Bonchev–Trinajstić information content (AvgIpc) is 3.14. The number of aromatic nitrogens is 3. The molecule has 0 saturated heterocycles. The summed E-state index contributed by atoms with van der Waals surface area (Å²) in [7, 11) is 4.06. The first-order valence-corrected chi connectivity index (χ1v) is 10.3. The molecule has 0 unspecified atom stereocenters. The van der Waals surface area contributed by atoms with Crippen LogP contribution < -0.4 is 0 Å². The van der Waals surface area contributed by atoms with E-state index >= 15 is 0 Å². The monoisotopic (exact) mass is 402 g/mol. The molecule has 146 valence electrons. The Morgan fingerprint density at radius 3 is 2.48 bits per heavy atom. The Morgan fingerprint density at radius 2 is 1.79 bits per heavy atom. The number of hydrogen-bond acceptors (Lipinski definition) is 6. The summed E-state index contributed by atoms with van der Waals surface area (Å²) in [5.74, 6) is 0.0733. The summed E-state index contributed by atoms with van der Waals surface area (Å²) in [5.41, 5.74) is 3.70. The molecule has 0 atom stereocenters. The van der Waals surface area contributed by atoms with Crippen molar-refractivity contribution >= 4 is 27.9 Å². The lowest BCUT2D eigenvalue weighted by atomic mass is 10.0. The van der Waals surface area contributed by atoms with Crippen molar-refractivity contribution in [1.29, 1.82) is 0 Å². The molecule has 0 aliphatic carbocycles. The quantitative estimate of drug-likeness (QED) is 0.443. The SMILES string of the molecule is Cc1nnc(-c2ccc3cnc(CC(=O)c4ccc(CN(C)C)cc4)cc3c2)s1. The van der Waals surface area contributed by atoms with Gasteiger partial charge in [-0.25, -0.2) is 0 Å². The Kier molecular flexibility index (Phi) is 5.47. The van der Waals surface area contributed by atoms with Crippen molar-refractivity contribution in [2.45, 2.75) is 19.9 Å². The van der Waals surface area contributed by atoms with Gasteiger partial charge in [-0.05, 0) is 44.1 Å². The van der Waals surface area contributed by atoms with Gasteiger partial charge >= 0.3 is 0 Å². The molecular weight excluding hydrogens is 380 g/mol. The van der Waals surface area contributed by atoms with E-state index in [1.54, 1.807) is 11.3 Å². The number of carbonyl (C=O) groups excluding carboxylic acids is 1. The first kappa shape index (κ1) is 19.4. The van der Waals surface area contributed by atoms with E-state index in [-0.39, 0.29) is 12.2 Å². The molecule has 0 spiro atoms. The normalized spacial score (nSPS) is 11.3. The molecule has 0 radical (unpaired) electrons. The molecule has 0 N–H and O–H groups in total. The topological polar surface area (TPSA) is 59.0 Å². The number of ketones is 1. The maximum absolute atomic E-state index is 12.7. The Labute approximate surface area is 174 Å². The Hall–Kier alpha value is -2.96. The fourth-order valence-corrected chi connectivity index (χ4v) is 3.95. The van der Waals surface area contributed by atoms with Crippen molar-refractivity contribution < 1.29 is 4.79 Å². The molecule has 2 aromatic carbocycles. The highest BCUT2D eigenvalue weighted by Gasteiger charge is 2.10. The summed E-state index contributed by atoms with van der Waals surface area (Å²) in [6.07, 6.45) is 2.11. The first-order valence-electron chi connectivity index (χ1n) is 9.44. The molecule has 2 aromatic heterocycles. The van der Waals surface area contributed by atoms with E-state index in [1.807, 2.05) is 69.7 Å². The predicted octanol–water partition coefficient (Wildman–Crippen LogP) is 4.55. The van der Waals surface area contributed by atoms with E-state index in [2.05, 4.69) is 26.1 Å². The van der Waals surface area contributed by atoms with Crippen LogP contribution in [0, 0.1) is 6.92 Å². The minimum atomic E-state index is 0.0733. The highest BCUT2D eigenvalue weighted by Crippen LogP contribution is 2.27. The Morgan fingerprint density at radius 1 is 1.00 bits per heavy atom. The number of benzene rings is 2. The second-order valence-electron chi connectivity index (χ2n) is 7.40. The van der Waals surface area contributed by atoms with E-state index < -0.39 is 0 Å². The molecule has 0 aliphatic heterocycles. The molecule has 0 saturated carbocycles. The molecule has 6 heteroatoms. The molecule has 0 amide bonds. The highest BCUT2D eigenvalue weighted by molar-refractivity contribution is 7.14. The summed E-state index contributed by atoms with van der Waals surface area (Å²) < 4.78 is 0. The van der Waals surface area contributed by atoms with E-state index in [0.717, 1.165) is 38.6 Å². The van der Waals surface area contributed by atoms with E-state index in [0.29, 0.717) is 5.56 Å². The van der Waals surface area contributed by atoms with Gasteiger partial charge < -0.3 is 4.90 Å². The standard InChI is InChI=1S/C23H22N4OS/c1-15-25-26-23(29-15)18-8-9-19-13-24-21(11-20(19)10-18)12-22(28)17-6-4-16(5-7-17)14-27(2)3/h4-11,13H,12,14H2,1-3H3. The number of nitrogens with zero attached hydrogens (tertiary/aromatic N) is 4. The number of pyridine rings is 1. The van der Waals surface area contributed by atoms with E-state index in [1.165, 1.54) is 5.56 Å². The second kappa shape index (κ2) is 8.19. The second-order valence-corrected chi connectivity index (χ2v) is 8.58. The van der Waals surface area contributed by atoms with E-state index in [4.69, 9.17) is 0 Å². The van der Waals surface area contributed by atoms with Crippen LogP contribution in [0.3, 0.4) is 0 Å². The third-order valence-electron chi connectivity index (χ3n) is 4.67.